The highest BCUT2D eigenvalue weighted by molar-refractivity contribution is 5.92. The van der Waals surface area contributed by atoms with Gasteiger partial charge in [0, 0.05) is 24.6 Å². The van der Waals surface area contributed by atoms with E-state index in [0.717, 1.165) is 18.4 Å². The van der Waals surface area contributed by atoms with Crippen LogP contribution in [0.25, 0.3) is 0 Å². The van der Waals surface area contributed by atoms with Crippen molar-refractivity contribution < 1.29 is 24.2 Å². The number of rotatable bonds is 12. The molecule has 3 amide bonds. The van der Waals surface area contributed by atoms with E-state index in [0.29, 0.717) is 12.0 Å². The molecule has 0 saturated heterocycles. The number of nitrogens with one attached hydrogen (secondary N) is 2. The van der Waals surface area contributed by atoms with Gasteiger partial charge >= 0.3 is 6.09 Å². The first-order valence-corrected chi connectivity index (χ1v) is 13.4. The normalized spacial score (nSPS) is 13.6. The first kappa shape index (κ1) is 30.7. The Kier molecular flexibility index (Phi) is 11.6. The highest BCUT2D eigenvalue weighted by Crippen LogP contribution is 2.30. The molecule has 0 aliphatic carbocycles. The zero-order valence-electron chi connectivity index (χ0n) is 23.5. The van der Waals surface area contributed by atoms with Crippen molar-refractivity contribution in [3.05, 3.63) is 65.7 Å². The molecule has 208 valence electrons. The fraction of sp³-hybridized carbons (Fsp3) is 0.500. The Bertz CT molecular complexity index is 1050. The summed E-state index contributed by atoms with van der Waals surface area (Å²) >= 11 is 0. The Hall–Kier alpha value is -3.55. The topological polar surface area (TPSA) is 108 Å². The lowest BCUT2D eigenvalue weighted by molar-refractivity contribution is -0.142. The van der Waals surface area contributed by atoms with Gasteiger partial charge in [0.2, 0.25) is 11.8 Å². The monoisotopic (exact) mass is 525 g/mol. The summed E-state index contributed by atoms with van der Waals surface area (Å²) in [5.41, 5.74) is 0.422. The highest BCUT2D eigenvalue weighted by Gasteiger charge is 2.37. The fourth-order valence-corrected chi connectivity index (χ4v) is 4.30. The smallest absolute Gasteiger partial charge is 0.408 e. The second-order valence-corrected chi connectivity index (χ2v) is 10.6. The quantitative estimate of drug-likeness (QED) is 0.357. The molecule has 0 radical (unpaired) electrons. The van der Waals surface area contributed by atoms with Crippen LogP contribution in [0, 0.1) is 0 Å². The SMILES string of the molecule is CCCC(C)NC(=O)C(c1ccccc1O)N(CCC)C(=O)C(Cc1ccccc1)NC(=O)OC(C)(C)C. The molecule has 0 heterocycles. The van der Waals surface area contributed by atoms with E-state index in [1.54, 1.807) is 39.0 Å². The van der Waals surface area contributed by atoms with Crippen molar-refractivity contribution >= 4 is 17.9 Å². The van der Waals surface area contributed by atoms with Crippen molar-refractivity contribution in [2.45, 2.75) is 91.0 Å². The Morgan fingerprint density at radius 1 is 0.947 bits per heavy atom. The number of carbonyl (C=O) groups is 3. The van der Waals surface area contributed by atoms with Crippen molar-refractivity contribution in [1.82, 2.24) is 15.5 Å². The molecule has 0 spiro atoms. The van der Waals surface area contributed by atoms with Crippen molar-refractivity contribution in [3.8, 4) is 5.75 Å². The first-order valence-electron chi connectivity index (χ1n) is 13.4. The van der Waals surface area contributed by atoms with Gasteiger partial charge in [-0.2, -0.15) is 0 Å². The molecule has 3 unspecified atom stereocenters. The van der Waals surface area contributed by atoms with Crippen molar-refractivity contribution in [2.24, 2.45) is 0 Å². The van der Waals surface area contributed by atoms with E-state index >= 15 is 0 Å². The molecule has 0 saturated carbocycles. The average molecular weight is 526 g/mol. The lowest BCUT2D eigenvalue weighted by atomic mass is 9.99. The first-order chi connectivity index (χ1) is 18.0. The zero-order valence-corrected chi connectivity index (χ0v) is 23.5. The summed E-state index contributed by atoms with van der Waals surface area (Å²) in [5.74, 6) is -0.900. The van der Waals surface area contributed by atoms with Gasteiger partial charge in [0.1, 0.15) is 23.4 Å². The molecule has 0 bridgehead atoms. The molecular formula is C30H43N3O5. The number of benzene rings is 2. The minimum Gasteiger partial charge on any atom is -0.508 e. The molecule has 2 rings (SSSR count). The van der Waals surface area contributed by atoms with Gasteiger partial charge in [0.25, 0.3) is 0 Å². The molecule has 3 N–H and O–H groups in total. The van der Waals surface area contributed by atoms with Gasteiger partial charge in [-0.3, -0.25) is 9.59 Å². The molecule has 2 aromatic rings. The fourth-order valence-electron chi connectivity index (χ4n) is 4.30. The van der Waals surface area contributed by atoms with Crippen LogP contribution in [0.3, 0.4) is 0 Å². The van der Waals surface area contributed by atoms with Crippen LogP contribution >= 0.6 is 0 Å². The lowest BCUT2D eigenvalue weighted by Gasteiger charge is -2.35. The van der Waals surface area contributed by atoms with E-state index < -0.39 is 29.7 Å². The van der Waals surface area contributed by atoms with E-state index in [9.17, 15) is 19.5 Å². The number of alkyl carbamates (subject to hydrolysis) is 1. The second-order valence-electron chi connectivity index (χ2n) is 10.6. The maximum absolute atomic E-state index is 14.2. The summed E-state index contributed by atoms with van der Waals surface area (Å²) in [6, 6.07) is 13.7. The number of phenolic OH excluding ortho intramolecular Hbond substituents is 1. The average Bonchev–Trinajstić information content (AvgIpc) is 2.83. The number of carbonyl (C=O) groups excluding carboxylic acids is 3. The second kappa shape index (κ2) is 14.4. The summed E-state index contributed by atoms with van der Waals surface area (Å²) in [4.78, 5) is 42.1. The van der Waals surface area contributed by atoms with Crippen LogP contribution in [-0.2, 0) is 20.7 Å². The number of hydrogen-bond acceptors (Lipinski definition) is 5. The van der Waals surface area contributed by atoms with Gasteiger partial charge in [-0.1, -0.05) is 68.8 Å². The Morgan fingerprint density at radius 3 is 2.16 bits per heavy atom. The summed E-state index contributed by atoms with van der Waals surface area (Å²) in [6.45, 7) is 11.4. The predicted octanol–water partition coefficient (Wildman–Crippen LogP) is 5.11. The van der Waals surface area contributed by atoms with Crippen LogP contribution in [0.1, 0.15) is 78.0 Å². The molecule has 38 heavy (non-hydrogen) atoms. The zero-order chi connectivity index (χ0) is 28.3. The number of ether oxygens (including phenoxy) is 1. The van der Waals surface area contributed by atoms with Gasteiger partial charge in [0.05, 0.1) is 0 Å². The van der Waals surface area contributed by atoms with Crippen molar-refractivity contribution in [1.29, 1.82) is 0 Å². The van der Waals surface area contributed by atoms with Crippen LogP contribution in [0.2, 0.25) is 0 Å². The van der Waals surface area contributed by atoms with Crippen LogP contribution < -0.4 is 10.6 Å². The molecule has 3 atom stereocenters. The predicted molar refractivity (Wildman–Crippen MR) is 149 cm³/mol. The van der Waals surface area contributed by atoms with Crippen LogP contribution in [-0.4, -0.2) is 52.1 Å². The highest BCUT2D eigenvalue weighted by atomic mass is 16.6. The third-order valence-electron chi connectivity index (χ3n) is 5.92. The number of amides is 3. The largest absolute Gasteiger partial charge is 0.508 e. The Morgan fingerprint density at radius 2 is 1.58 bits per heavy atom. The number of hydrogen-bond donors (Lipinski definition) is 3. The molecule has 0 aliphatic heterocycles. The number of nitrogens with zero attached hydrogens (tertiary/aromatic N) is 1. The van der Waals surface area contributed by atoms with Crippen molar-refractivity contribution in [2.75, 3.05) is 6.54 Å². The maximum Gasteiger partial charge on any atom is 0.408 e. The van der Waals surface area contributed by atoms with Gasteiger partial charge in [0.15, 0.2) is 0 Å². The van der Waals surface area contributed by atoms with E-state index in [-0.39, 0.29) is 30.7 Å². The molecule has 8 nitrogen and oxygen atoms in total. The molecule has 0 aliphatic rings. The lowest BCUT2D eigenvalue weighted by Crippen LogP contribution is -2.54. The van der Waals surface area contributed by atoms with E-state index in [1.807, 2.05) is 51.1 Å². The minimum atomic E-state index is -1.08. The molecule has 8 heteroatoms. The summed E-state index contributed by atoms with van der Waals surface area (Å²) in [5, 5.41) is 16.4. The molecule has 0 aromatic heterocycles. The van der Waals surface area contributed by atoms with E-state index in [1.165, 1.54) is 11.0 Å². The van der Waals surface area contributed by atoms with Gasteiger partial charge in [-0.15, -0.1) is 0 Å². The van der Waals surface area contributed by atoms with Crippen molar-refractivity contribution in [3.63, 3.8) is 0 Å². The molecule has 2 aromatic carbocycles. The van der Waals surface area contributed by atoms with E-state index in [2.05, 4.69) is 10.6 Å². The summed E-state index contributed by atoms with van der Waals surface area (Å²) in [7, 11) is 0. The standard InChI is InChI=1S/C30H43N3O5/c1-7-14-21(3)31-27(35)26(23-17-12-13-18-25(23)34)33(19-8-2)28(36)24(20-22-15-10-9-11-16-22)32-29(37)38-30(4,5)6/h9-13,15-18,21,24,26,34H,7-8,14,19-20H2,1-6H3,(H,31,35)(H,32,37). The number of phenols is 1. The van der Waals surface area contributed by atoms with Gasteiger partial charge in [-0.25, -0.2) is 4.79 Å². The van der Waals surface area contributed by atoms with E-state index in [4.69, 9.17) is 4.74 Å². The van der Waals surface area contributed by atoms with Crippen LogP contribution in [0.15, 0.2) is 54.6 Å². The summed E-state index contributed by atoms with van der Waals surface area (Å²) in [6.07, 6.45) is 1.72. The number of aromatic hydroxyl groups is 1. The number of para-hydroxylation sites is 1. The summed E-state index contributed by atoms with van der Waals surface area (Å²) < 4.78 is 5.45. The Labute approximate surface area is 226 Å². The Balaban J connectivity index is 2.52. The third-order valence-corrected chi connectivity index (χ3v) is 5.92. The minimum absolute atomic E-state index is 0.0793. The maximum atomic E-state index is 14.2. The van der Waals surface area contributed by atoms with Crippen LogP contribution in [0.4, 0.5) is 4.79 Å². The molecular weight excluding hydrogens is 482 g/mol. The van der Waals surface area contributed by atoms with Gasteiger partial charge < -0.3 is 25.4 Å². The van der Waals surface area contributed by atoms with Crippen LogP contribution in [0.5, 0.6) is 5.75 Å². The third kappa shape index (κ3) is 9.39. The van der Waals surface area contributed by atoms with Gasteiger partial charge in [-0.05, 0) is 52.2 Å². The molecule has 0 fully saturated rings.